The van der Waals surface area contributed by atoms with Crippen molar-refractivity contribution in [2.45, 2.75) is 31.9 Å². The molecule has 1 aliphatic heterocycles. The minimum atomic E-state index is -4.49. The van der Waals surface area contributed by atoms with Gasteiger partial charge in [0.25, 0.3) is 0 Å². The Labute approximate surface area is 176 Å². The summed E-state index contributed by atoms with van der Waals surface area (Å²) in [4.78, 5) is 20.2. The van der Waals surface area contributed by atoms with Gasteiger partial charge < -0.3 is 14.7 Å². The average Bonchev–Trinajstić information content (AvgIpc) is 2.70. The third-order valence-corrected chi connectivity index (χ3v) is 5.28. The molecular formula is C20H21ClF3N3O3. The minimum Gasteiger partial charge on any atom is -0.492 e. The Morgan fingerprint density at radius 2 is 2.00 bits per heavy atom. The average molecular weight is 444 g/mol. The SMILES string of the molecule is O=C(O)Cc1ccc(Cl)c(OCCC2CCN(c3nccc(C(F)(F)F)n3)CC2)c1. The number of aromatic nitrogens is 2. The molecule has 0 aliphatic carbocycles. The lowest BCUT2D eigenvalue weighted by Crippen LogP contribution is -2.35. The third-order valence-electron chi connectivity index (χ3n) is 4.97. The summed E-state index contributed by atoms with van der Waals surface area (Å²) in [5, 5.41) is 9.31. The number of hydrogen-bond donors (Lipinski definition) is 1. The molecule has 162 valence electrons. The van der Waals surface area contributed by atoms with E-state index in [1.54, 1.807) is 23.1 Å². The van der Waals surface area contributed by atoms with E-state index in [-0.39, 0.29) is 12.4 Å². The van der Waals surface area contributed by atoms with Crippen LogP contribution in [0, 0.1) is 5.92 Å². The molecule has 1 N–H and O–H groups in total. The fourth-order valence-corrected chi connectivity index (χ4v) is 3.53. The number of ether oxygens (including phenoxy) is 1. The van der Waals surface area contributed by atoms with Gasteiger partial charge in [-0.05, 0) is 48.9 Å². The number of halogens is 4. The second-order valence-corrected chi connectivity index (χ2v) is 7.55. The Balaban J connectivity index is 1.48. The van der Waals surface area contributed by atoms with Crippen LogP contribution in [0.15, 0.2) is 30.5 Å². The van der Waals surface area contributed by atoms with Gasteiger partial charge in [-0.15, -0.1) is 0 Å². The van der Waals surface area contributed by atoms with Gasteiger partial charge in [0, 0.05) is 19.3 Å². The van der Waals surface area contributed by atoms with Gasteiger partial charge >= 0.3 is 12.1 Å². The highest BCUT2D eigenvalue weighted by atomic mass is 35.5. The number of aliphatic carboxylic acids is 1. The largest absolute Gasteiger partial charge is 0.492 e. The van der Waals surface area contributed by atoms with Gasteiger partial charge in [0.2, 0.25) is 5.95 Å². The molecule has 1 aromatic heterocycles. The van der Waals surface area contributed by atoms with Gasteiger partial charge in [-0.25, -0.2) is 9.97 Å². The Morgan fingerprint density at radius 3 is 2.67 bits per heavy atom. The summed E-state index contributed by atoms with van der Waals surface area (Å²) in [6, 6.07) is 5.76. The van der Waals surface area contributed by atoms with E-state index in [0.717, 1.165) is 31.5 Å². The van der Waals surface area contributed by atoms with Crippen molar-refractivity contribution < 1.29 is 27.8 Å². The zero-order valence-electron chi connectivity index (χ0n) is 16.0. The highest BCUT2D eigenvalue weighted by molar-refractivity contribution is 6.32. The van der Waals surface area contributed by atoms with Crippen LogP contribution >= 0.6 is 11.6 Å². The van der Waals surface area contributed by atoms with Gasteiger partial charge in [0.15, 0.2) is 0 Å². The molecule has 0 atom stereocenters. The fourth-order valence-electron chi connectivity index (χ4n) is 3.36. The first-order valence-corrected chi connectivity index (χ1v) is 9.88. The molecule has 1 aromatic carbocycles. The predicted molar refractivity (Wildman–Crippen MR) is 105 cm³/mol. The minimum absolute atomic E-state index is 0.0987. The highest BCUT2D eigenvalue weighted by Gasteiger charge is 2.33. The molecular weight excluding hydrogens is 423 g/mol. The lowest BCUT2D eigenvalue weighted by Gasteiger charge is -2.32. The van der Waals surface area contributed by atoms with Crippen molar-refractivity contribution in [3.05, 3.63) is 46.7 Å². The lowest BCUT2D eigenvalue weighted by atomic mass is 9.94. The quantitative estimate of drug-likeness (QED) is 0.681. The lowest BCUT2D eigenvalue weighted by molar-refractivity contribution is -0.141. The number of carboxylic acids is 1. The summed E-state index contributed by atoms with van der Waals surface area (Å²) < 4.78 is 44.2. The summed E-state index contributed by atoms with van der Waals surface area (Å²) in [5.41, 5.74) is -0.332. The molecule has 0 radical (unpaired) electrons. The molecule has 1 aliphatic rings. The molecule has 0 amide bonds. The third kappa shape index (κ3) is 5.98. The molecule has 3 rings (SSSR count). The second kappa shape index (κ2) is 9.51. The van der Waals surface area contributed by atoms with E-state index in [2.05, 4.69) is 9.97 Å². The molecule has 2 heterocycles. The van der Waals surface area contributed by atoms with E-state index in [1.165, 1.54) is 0 Å². The van der Waals surface area contributed by atoms with E-state index >= 15 is 0 Å². The standard InChI is InChI=1S/C20H21ClF3N3O3/c21-15-2-1-14(12-18(28)29)11-16(15)30-10-6-13-4-8-27(9-5-13)19-25-7-3-17(26-19)20(22,23)24/h1-3,7,11,13H,4-6,8-10,12H2,(H,28,29). The number of anilines is 1. The normalized spacial score (nSPS) is 15.3. The van der Waals surface area contributed by atoms with Gasteiger partial charge in [-0.3, -0.25) is 4.79 Å². The molecule has 10 heteroatoms. The molecule has 1 fully saturated rings. The summed E-state index contributed by atoms with van der Waals surface area (Å²) in [6.07, 6.45) is -1.13. The van der Waals surface area contributed by atoms with Gasteiger partial charge in [-0.1, -0.05) is 17.7 Å². The van der Waals surface area contributed by atoms with Crippen LogP contribution in [-0.2, 0) is 17.4 Å². The number of piperidine rings is 1. The topological polar surface area (TPSA) is 75.6 Å². The first kappa shape index (κ1) is 22.1. The Bertz CT molecular complexity index is 887. The second-order valence-electron chi connectivity index (χ2n) is 7.14. The molecule has 1 saturated heterocycles. The van der Waals surface area contributed by atoms with Crippen LogP contribution in [0.5, 0.6) is 5.75 Å². The number of alkyl halides is 3. The maximum absolute atomic E-state index is 12.8. The van der Waals surface area contributed by atoms with Crippen molar-refractivity contribution in [2.75, 3.05) is 24.6 Å². The monoisotopic (exact) mass is 443 g/mol. The summed E-state index contributed by atoms with van der Waals surface area (Å²) in [7, 11) is 0. The molecule has 6 nitrogen and oxygen atoms in total. The van der Waals surface area contributed by atoms with Gasteiger partial charge in [0.05, 0.1) is 18.1 Å². The van der Waals surface area contributed by atoms with Crippen LogP contribution in [0.4, 0.5) is 19.1 Å². The Hall–Kier alpha value is -2.55. The first-order valence-electron chi connectivity index (χ1n) is 9.50. The number of carboxylic acid groups (broad SMARTS) is 1. The zero-order valence-corrected chi connectivity index (χ0v) is 16.8. The maximum atomic E-state index is 12.8. The van der Waals surface area contributed by atoms with Gasteiger partial charge in [0.1, 0.15) is 11.4 Å². The van der Waals surface area contributed by atoms with Crippen LogP contribution < -0.4 is 9.64 Å². The van der Waals surface area contributed by atoms with Crippen molar-refractivity contribution in [1.82, 2.24) is 9.97 Å². The van der Waals surface area contributed by atoms with Crippen LogP contribution in [-0.4, -0.2) is 40.7 Å². The number of carbonyl (C=O) groups is 1. The van der Waals surface area contributed by atoms with E-state index in [4.69, 9.17) is 21.4 Å². The van der Waals surface area contributed by atoms with E-state index < -0.39 is 17.8 Å². The molecule has 0 saturated carbocycles. The first-order chi connectivity index (χ1) is 14.2. The Kier molecular flexibility index (Phi) is 7.02. The molecule has 30 heavy (non-hydrogen) atoms. The summed E-state index contributed by atoms with van der Waals surface area (Å²) in [6.45, 7) is 1.56. The van der Waals surface area contributed by atoms with Gasteiger partial charge in [-0.2, -0.15) is 13.2 Å². The number of benzene rings is 1. The number of hydrogen-bond acceptors (Lipinski definition) is 5. The van der Waals surface area contributed by atoms with Crippen molar-refractivity contribution in [1.29, 1.82) is 0 Å². The molecule has 0 spiro atoms. The molecule has 0 unspecified atom stereocenters. The number of rotatable bonds is 7. The summed E-state index contributed by atoms with van der Waals surface area (Å²) >= 11 is 6.11. The molecule has 2 aromatic rings. The fraction of sp³-hybridized carbons (Fsp3) is 0.450. The van der Waals surface area contributed by atoms with Crippen LogP contribution in [0.25, 0.3) is 0 Å². The Morgan fingerprint density at radius 1 is 1.27 bits per heavy atom. The zero-order chi connectivity index (χ0) is 21.7. The smallest absolute Gasteiger partial charge is 0.433 e. The highest BCUT2D eigenvalue weighted by Crippen LogP contribution is 2.30. The summed E-state index contributed by atoms with van der Waals surface area (Å²) in [5.74, 6) is -0.0282. The maximum Gasteiger partial charge on any atom is 0.433 e. The molecule has 0 bridgehead atoms. The van der Waals surface area contributed by atoms with E-state index in [1.807, 2.05) is 0 Å². The van der Waals surface area contributed by atoms with Crippen molar-refractivity contribution in [3.63, 3.8) is 0 Å². The van der Waals surface area contributed by atoms with E-state index in [0.29, 0.717) is 41.9 Å². The predicted octanol–water partition coefficient (Wildman–Crippen LogP) is 4.46. The van der Waals surface area contributed by atoms with Crippen molar-refractivity contribution in [3.8, 4) is 5.75 Å². The van der Waals surface area contributed by atoms with Crippen molar-refractivity contribution >= 4 is 23.5 Å². The van der Waals surface area contributed by atoms with Crippen LogP contribution in [0.1, 0.15) is 30.5 Å². The van der Waals surface area contributed by atoms with Crippen molar-refractivity contribution in [2.24, 2.45) is 5.92 Å². The van der Waals surface area contributed by atoms with E-state index in [9.17, 15) is 18.0 Å². The van der Waals surface area contributed by atoms with Crippen LogP contribution in [0.3, 0.4) is 0 Å². The number of nitrogens with zero attached hydrogens (tertiary/aromatic N) is 3. The van der Waals surface area contributed by atoms with Crippen LogP contribution in [0.2, 0.25) is 5.02 Å².